The van der Waals surface area contributed by atoms with Gasteiger partial charge in [0.25, 0.3) is 5.91 Å². The molecule has 0 aromatic carbocycles. The number of piperidine rings is 2. The van der Waals surface area contributed by atoms with Gasteiger partial charge in [0.15, 0.2) is 0 Å². The quantitative estimate of drug-likeness (QED) is 0.176. The lowest BCUT2D eigenvalue weighted by Gasteiger charge is -2.41. The molecule has 0 aromatic heterocycles. The van der Waals surface area contributed by atoms with Crippen molar-refractivity contribution in [3.63, 3.8) is 0 Å². The van der Waals surface area contributed by atoms with E-state index in [-0.39, 0.29) is 60.4 Å². The lowest BCUT2D eigenvalue weighted by molar-refractivity contribution is -0.153. The van der Waals surface area contributed by atoms with Crippen LogP contribution in [-0.2, 0) is 28.8 Å². The standard InChI is InChI=1S/C39H62N6O7/c1-12-13-21-16-39(21,30(48)32(50)40-22-14-15-22)43-31(49)28-27-23(38(27,10)11)19-45(28)33(51)29(36(5,6)7)42-34(52)41-24(35(2,3)4)20-44-25(46)17-37(8,9)18-26(44)47/h21-24,27-29H,12-20H2,1-11H3,(H,40,50)(H,43,49)(H2,41,42,52)/t21?,23-,24+,27-,28-,29+,39?/m0/s1. The molecule has 7 amide bonds. The van der Waals surface area contributed by atoms with Crippen molar-refractivity contribution in [2.24, 2.45) is 39.4 Å². The minimum absolute atomic E-state index is 0.00316. The number of Topliss-reactive ketones (excluding diaryl/α,β-unsaturated/α-hetero) is 1. The Morgan fingerprint density at radius 2 is 1.48 bits per heavy atom. The van der Waals surface area contributed by atoms with Gasteiger partial charge in [-0.15, -0.1) is 0 Å². The second-order valence-electron chi connectivity index (χ2n) is 19.9. The van der Waals surface area contributed by atoms with E-state index >= 15 is 0 Å². The highest BCUT2D eigenvalue weighted by molar-refractivity contribution is 6.41. The molecule has 4 N–H and O–H groups in total. The van der Waals surface area contributed by atoms with Crippen molar-refractivity contribution in [2.45, 2.75) is 151 Å². The first-order valence-corrected chi connectivity index (χ1v) is 19.2. The highest BCUT2D eigenvalue weighted by atomic mass is 16.2. The van der Waals surface area contributed by atoms with Crippen LogP contribution in [0.3, 0.4) is 0 Å². The minimum Gasteiger partial charge on any atom is -0.347 e. The average molecular weight is 727 g/mol. The Hall–Kier alpha value is -3.51. The highest BCUT2D eigenvalue weighted by Crippen LogP contribution is 2.65. The molecule has 3 aliphatic carbocycles. The first-order chi connectivity index (χ1) is 23.8. The van der Waals surface area contributed by atoms with Crippen LogP contribution >= 0.6 is 0 Å². The van der Waals surface area contributed by atoms with Gasteiger partial charge in [-0.25, -0.2) is 4.79 Å². The summed E-state index contributed by atoms with van der Waals surface area (Å²) in [5.74, 6) is -2.93. The zero-order chi connectivity index (χ0) is 38.9. The van der Waals surface area contributed by atoms with E-state index in [0.29, 0.717) is 19.4 Å². The van der Waals surface area contributed by atoms with E-state index in [1.54, 1.807) is 4.90 Å². The van der Waals surface area contributed by atoms with Crippen LogP contribution in [0.5, 0.6) is 0 Å². The van der Waals surface area contributed by atoms with Crippen molar-refractivity contribution in [3.05, 3.63) is 0 Å². The summed E-state index contributed by atoms with van der Waals surface area (Å²) in [6.45, 7) is 21.5. The molecule has 7 atom stereocenters. The normalized spacial score (nSPS) is 30.1. The summed E-state index contributed by atoms with van der Waals surface area (Å²) in [4.78, 5) is 97.9. The predicted octanol–water partition coefficient (Wildman–Crippen LogP) is 3.30. The maximum atomic E-state index is 14.6. The van der Waals surface area contributed by atoms with E-state index in [0.717, 1.165) is 19.3 Å². The molecule has 2 aliphatic heterocycles. The van der Waals surface area contributed by atoms with Crippen molar-refractivity contribution in [1.29, 1.82) is 0 Å². The summed E-state index contributed by atoms with van der Waals surface area (Å²) in [6, 6.07) is -3.14. The average Bonchev–Trinajstić information content (AvgIpc) is 3.95. The summed E-state index contributed by atoms with van der Waals surface area (Å²) in [5, 5.41) is 11.6. The first-order valence-electron chi connectivity index (χ1n) is 19.2. The van der Waals surface area contributed by atoms with E-state index in [4.69, 9.17) is 0 Å². The molecule has 3 saturated carbocycles. The van der Waals surface area contributed by atoms with E-state index < -0.39 is 69.4 Å². The van der Waals surface area contributed by atoms with Crippen molar-refractivity contribution in [2.75, 3.05) is 13.1 Å². The molecule has 52 heavy (non-hydrogen) atoms. The van der Waals surface area contributed by atoms with Crippen LogP contribution in [0.1, 0.15) is 121 Å². The third-order valence-corrected chi connectivity index (χ3v) is 12.3. The third kappa shape index (κ3) is 7.88. The number of rotatable bonds is 12. The van der Waals surface area contributed by atoms with Crippen LogP contribution < -0.4 is 21.3 Å². The van der Waals surface area contributed by atoms with Gasteiger partial charge in [-0.05, 0) is 65.1 Å². The molecule has 2 unspecified atom stereocenters. The fourth-order valence-electron chi connectivity index (χ4n) is 8.58. The number of fused-ring (bicyclic) bond motifs is 1. The van der Waals surface area contributed by atoms with Gasteiger partial charge in [0, 0.05) is 32.0 Å². The Morgan fingerprint density at radius 1 is 0.885 bits per heavy atom. The van der Waals surface area contributed by atoms with Gasteiger partial charge >= 0.3 is 6.03 Å². The predicted molar refractivity (Wildman–Crippen MR) is 194 cm³/mol. The number of urea groups is 1. The van der Waals surface area contributed by atoms with Crippen molar-refractivity contribution in [1.82, 2.24) is 31.1 Å². The Morgan fingerprint density at radius 3 is 2.00 bits per heavy atom. The number of hydrogen-bond donors (Lipinski definition) is 4. The highest BCUT2D eigenvalue weighted by Gasteiger charge is 2.71. The number of carbonyl (C=O) groups excluding carboxylic acids is 7. The Bertz CT molecular complexity index is 1500. The number of ketones is 1. The second-order valence-corrected chi connectivity index (χ2v) is 19.9. The zero-order valence-electron chi connectivity index (χ0n) is 33.2. The molecular weight excluding hydrogens is 664 g/mol. The van der Waals surface area contributed by atoms with E-state index in [2.05, 4.69) is 35.1 Å². The summed E-state index contributed by atoms with van der Waals surface area (Å²) in [6.07, 6.45) is 4.00. The maximum absolute atomic E-state index is 14.6. The molecule has 5 aliphatic rings. The fourth-order valence-corrected chi connectivity index (χ4v) is 8.58. The molecular formula is C39H62N6O7. The zero-order valence-corrected chi connectivity index (χ0v) is 33.2. The molecule has 2 saturated heterocycles. The van der Waals surface area contributed by atoms with Crippen LogP contribution in [0.15, 0.2) is 0 Å². The van der Waals surface area contributed by atoms with Crippen LogP contribution in [0, 0.1) is 39.4 Å². The largest absolute Gasteiger partial charge is 0.347 e. The Kier molecular flexibility index (Phi) is 10.2. The van der Waals surface area contributed by atoms with Gasteiger partial charge in [-0.1, -0.05) is 82.6 Å². The molecule has 0 aromatic rings. The Labute approximate surface area is 308 Å². The molecule has 13 heteroatoms. The van der Waals surface area contributed by atoms with Crippen molar-refractivity contribution >= 4 is 41.4 Å². The van der Waals surface area contributed by atoms with Crippen molar-refractivity contribution < 1.29 is 33.6 Å². The molecule has 0 radical (unpaired) electrons. The molecule has 5 fully saturated rings. The molecule has 5 rings (SSSR count). The molecule has 290 valence electrons. The number of amides is 7. The number of likely N-dealkylation sites (tertiary alicyclic amines) is 2. The van der Waals surface area contributed by atoms with Crippen LogP contribution in [0.2, 0.25) is 0 Å². The smallest absolute Gasteiger partial charge is 0.315 e. The number of imide groups is 1. The number of nitrogens with one attached hydrogen (secondary N) is 4. The number of nitrogens with zero attached hydrogens (tertiary/aromatic N) is 2. The third-order valence-electron chi connectivity index (χ3n) is 12.3. The van der Waals surface area contributed by atoms with Crippen LogP contribution in [0.4, 0.5) is 4.79 Å². The lowest BCUT2D eigenvalue weighted by atomic mass is 9.80. The van der Waals surface area contributed by atoms with Gasteiger partial charge in [-0.3, -0.25) is 33.7 Å². The van der Waals surface area contributed by atoms with Gasteiger partial charge in [0.05, 0.1) is 6.04 Å². The fraction of sp³-hybridized carbons (Fsp3) is 0.821. The summed E-state index contributed by atoms with van der Waals surface area (Å²) in [7, 11) is 0. The number of hydrogen-bond acceptors (Lipinski definition) is 7. The van der Waals surface area contributed by atoms with E-state index in [9.17, 15) is 33.6 Å². The molecule has 2 heterocycles. The van der Waals surface area contributed by atoms with E-state index in [1.807, 2.05) is 62.3 Å². The maximum Gasteiger partial charge on any atom is 0.315 e. The molecule has 0 spiro atoms. The van der Waals surface area contributed by atoms with Crippen LogP contribution in [0.25, 0.3) is 0 Å². The summed E-state index contributed by atoms with van der Waals surface area (Å²) < 4.78 is 0. The van der Waals surface area contributed by atoms with E-state index in [1.165, 1.54) is 4.90 Å². The van der Waals surface area contributed by atoms with Gasteiger partial charge < -0.3 is 26.2 Å². The molecule has 13 nitrogen and oxygen atoms in total. The monoisotopic (exact) mass is 726 g/mol. The SMILES string of the molecule is CCCC1CC1(NC(=O)[C@@H]1[C@@H]2[C@H](CN1C(=O)[C@@H](NC(=O)N[C@H](CN1C(=O)CC(C)(C)CC1=O)C(C)(C)C)C(C)(C)C)C2(C)C)C(=O)C(=O)NC1CC1. The lowest BCUT2D eigenvalue weighted by Crippen LogP contribution is -2.63. The van der Waals surface area contributed by atoms with Gasteiger partial charge in [0.1, 0.15) is 17.6 Å². The molecule has 0 bridgehead atoms. The van der Waals surface area contributed by atoms with Gasteiger partial charge in [0.2, 0.25) is 29.4 Å². The summed E-state index contributed by atoms with van der Waals surface area (Å²) >= 11 is 0. The first kappa shape index (κ1) is 39.7. The van der Waals surface area contributed by atoms with Crippen molar-refractivity contribution in [3.8, 4) is 0 Å². The number of carbonyl (C=O) groups is 7. The van der Waals surface area contributed by atoms with Crippen LogP contribution in [-0.4, -0.2) is 93.9 Å². The minimum atomic E-state index is -1.28. The topological polar surface area (TPSA) is 174 Å². The Balaban J connectivity index is 1.33. The summed E-state index contributed by atoms with van der Waals surface area (Å²) in [5.41, 5.74) is -3.22. The van der Waals surface area contributed by atoms with Gasteiger partial charge in [-0.2, -0.15) is 0 Å². The second kappa shape index (κ2) is 13.4.